The van der Waals surface area contributed by atoms with Gasteiger partial charge in [-0.1, -0.05) is 38.1 Å². The number of nitrogens with zero attached hydrogens (tertiary/aromatic N) is 1. The molecule has 3 rings (SSSR count). The first kappa shape index (κ1) is 14.1. The molecule has 2 aliphatic rings. The van der Waals surface area contributed by atoms with Gasteiger partial charge in [-0.25, -0.2) is 0 Å². The van der Waals surface area contributed by atoms with E-state index in [1.165, 1.54) is 49.9 Å². The maximum Gasteiger partial charge on any atom is 0.0233 e. The van der Waals surface area contributed by atoms with E-state index in [0.717, 1.165) is 18.6 Å². The number of nitrogens with one attached hydrogen (secondary N) is 1. The van der Waals surface area contributed by atoms with Crippen LogP contribution in [0, 0.1) is 0 Å². The summed E-state index contributed by atoms with van der Waals surface area (Å²) in [6.07, 6.45) is 5.45. The van der Waals surface area contributed by atoms with Gasteiger partial charge in [0.25, 0.3) is 0 Å². The van der Waals surface area contributed by atoms with Gasteiger partial charge < -0.3 is 5.32 Å². The highest BCUT2D eigenvalue weighted by Gasteiger charge is 2.26. The standard InChI is InChI=1S/C18H28N2/c1-14(2)16-5-3-15(4-6-16)13-20-11-9-18(10-12-20)19-17-7-8-17/h3-6,14,17-19H,7-13H2,1-2H3. The number of rotatable bonds is 5. The number of hydrogen-bond acceptors (Lipinski definition) is 2. The Labute approximate surface area is 123 Å². The summed E-state index contributed by atoms with van der Waals surface area (Å²) in [4.78, 5) is 2.61. The van der Waals surface area contributed by atoms with Crippen molar-refractivity contribution in [1.29, 1.82) is 0 Å². The van der Waals surface area contributed by atoms with Gasteiger partial charge in [0.05, 0.1) is 0 Å². The van der Waals surface area contributed by atoms with E-state index in [4.69, 9.17) is 0 Å². The number of piperidine rings is 1. The fraction of sp³-hybridized carbons (Fsp3) is 0.667. The first-order valence-electron chi connectivity index (χ1n) is 8.28. The molecule has 2 heteroatoms. The fourth-order valence-corrected chi connectivity index (χ4v) is 3.11. The summed E-state index contributed by atoms with van der Waals surface area (Å²) in [5, 5.41) is 3.77. The molecule has 0 radical (unpaired) electrons. The summed E-state index contributed by atoms with van der Waals surface area (Å²) in [5.41, 5.74) is 2.91. The third-order valence-corrected chi connectivity index (χ3v) is 4.69. The lowest BCUT2D eigenvalue weighted by Crippen LogP contribution is -2.42. The average Bonchev–Trinajstić information content (AvgIpc) is 3.26. The molecule has 1 heterocycles. The van der Waals surface area contributed by atoms with E-state index in [9.17, 15) is 0 Å². The van der Waals surface area contributed by atoms with Gasteiger partial charge in [-0.15, -0.1) is 0 Å². The molecule has 1 aromatic rings. The molecule has 2 fully saturated rings. The monoisotopic (exact) mass is 272 g/mol. The summed E-state index contributed by atoms with van der Waals surface area (Å²) < 4.78 is 0. The molecule has 0 bridgehead atoms. The maximum atomic E-state index is 3.77. The van der Waals surface area contributed by atoms with Gasteiger partial charge in [0.15, 0.2) is 0 Å². The second-order valence-corrected chi connectivity index (χ2v) is 6.89. The van der Waals surface area contributed by atoms with Crippen LogP contribution in [0.4, 0.5) is 0 Å². The zero-order chi connectivity index (χ0) is 13.9. The van der Waals surface area contributed by atoms with Crippen LogP contribution < -0.4 is 5.32 Å². The minimum Gasteiger partial charge on any atom is -0.311 e. The Morgan fingerprint density at radius 1 is 1.00 bits per heavy atom. The number of benzene rings is 1. The average molecular weight is 272 g/mol. The molecule has 110 valence electrons. The second-order valence-electron chi connectivity index (χ2n) is 6.89. The molecule has 0 amide bonds. The maximum absolute atomic E-state index is 3.77. The molecule has 2 nitrogen and oxygen atoms in total. The largest absolute Gasteiger partial charge is 0.311 e. The van der Waals surface area contributed by atoms with Gasteiger partial charge in [-0.3, -0.25) is 4.90 Å². The van der Waals surface area contributed by atoms with Crippen molar-refractivity contribution in [2.45, 2.75) is 64.1 Å². The normalized spacial score (nSPS) is 21.6. The first-order chi connectivity index (χ1) is 9.70. The zero-order valence-corrected chi connectivity index (χ0v) is 12.9. The predicted molar refractivity (Wildman–Crippen MR) is 85.0 cm³/mol. The Balaban J connectivity index is 1.46. The Morgan fingerprint density at radius 3 is 2.15 bits per heavy atom. The molecule has 0 spiro atoms. The van der Waals surface area contributed by atoms with Gasteiger partial charge in [0, 0.05) is 18.6 Å². The lowest BCUT2D eigenvalue weighted by Gasteiger charge is -2.32. The molecule has 1 saturated carbocycles. The molecular formula is C18H28N2. The number of hydrogen-bond donors (Lipinski definition) is 1. The SMILES string of the molecule is CC(C)c1ccc(CN2CCC(NC3CC3)CC2)cc1. The van der Waals surface area contributed by atoms with Crippen molar-refractivity contribution in [3.63, 3.8) is 0 Å². The molecule has 1 N–H and O–H groups in total. The Morgan fingerprint density at radius 2 is 1.60 bits per heavy atom. The van der Waals surface area contributed by atoms with Crippen LogP contribution in [0.3, 0.4) is 0 Å². The van der Waals surface area contributed by atoms with E-state index in [1.54, 1.807) is 0 Å². The topological polar surface area (TPSA) is 15.3 Å². The highest BCUT2D eigenvalue weighted by molar-refractivity contribution is 5.24. The van der Waals surface area contributed by atoms with Crippen LogP contribution >= 0.6 is 0 Å². The Hall–Kier alpha value is -0.860. The van der Waals surface area contributed by atoms with E-state index >= 15 is 0 Å². The lowest BCUT2D eigenvalue weighted by atomic mass is 10.0. The molecule has 20 heavy (non-hydrogen) atoms. The van der Waals surface area contributed by atoms with Crippen molar-refractivity contribution in [1.82, 2.24) is 10.2 Å². The second kappa shape index (κ2) is 6.28. The zero-order valence-electron chi connectivity index (χ0n) is 12.9. The molecule has 0 atom stereocenters. The summed E-state index contributed by atoms with van der Waals surface area (Å²) >= 11 is 0. The predicted octanol–water partition coefficient (Wildman–Crippen LogP) is 3.53. The molecule has 0 aromatic heterocycles. The Bertz CT molecular complexity index is 412. The van der Waals surface area contributed by atoms with E-state index in [-0.39, 0.29) is 0 Å². The third kappa shape index (κ3) is 3.83. The van der Waals surface area contributed by atoms with Crippen LogP contribution in [0.2, 0.25) is 0 Å². The Kier molecular flexibility index (Phi) is 4.42. The molecule has 1 aromatic carbocycles. The van der Waals surface area contributed by atoms with Crippen molar-refractivity contribution in [2.24, 2.45) is 0 Å². The van der Waals surface area contributed by atoms with Crippen molar-refractivity contribution in [3.05, 3.63) is 35.4 Å². The van der Waals surface area contributed by atoms with E-state index in [2.05, 4.69) is 48.3 Å². The van der Waals surface area contributed by atoms with Gasteiger partial charge in [-0.2, -0.15) is 0 Å². The summed E-state index contributed by atoms with van der Waals surface area (Å²) in [5.74, 6) is 0.633. The van der Waals surface area contributed by atoms with Crippen molar-refractivity contribution >= 4 is 0 Å². The van der Waals surface area contributed by atoms with Gasteiger partial charge in [-0.05, 0) is 55.8 Å². The van der Waals surface area contributed by atoms with Crippen LogP contribution in [0.25, 0.3) is 0 Å². The third-order valence-electron chi connectivity index (χ3n) is 4.69. The highest BCUT2D eigenvalue weighted by atomic mass is 15.1. The summed E-state index contributed by atoms with van der Waals surface area (Å²) in [6, 6.07) is 10.8. The van der Waals surface area contributed by atoms with Crippen molar-refractivity contribution in [3.8, 4) is 0 Å². The van der Waals surface area contributed by atoms with Crippen LogP contribution in [0.5, 0.6) is 0 Å². The van der Waals surface area contributed by atoms with Gasteiger partial charge >= 0.3 is 0 Å². The highest BCUT2D eigenvalue weighted by Crippen LogP contribution is 2.23. The van der Waals surface area contributed by atoms with Crippen LogP contribution in [0.15, 0.2) is 24.3 Å². The summed E-state index contributed by atoms with van der Waals surface area (Å²) in [6.45, 7) is 8.13. The lowest BCUT2D eigenvalue weighted by molar-refractivity contribution is 0.190. The van der Waals surface area contributed by atoms with E-state index in [0.29, 0.717) is 5.92 Å². The van der Waals surface area contributed by atoms with Crippen molar-refractivity contribution < 1.29 is 0 Å². The van der Waals surface area contributed by atoms with Crippen molar-refractivity contribution in [2.75, 3.05) is 13.1 Å². The van der Waals surface area contributed by atoms with Crippen LogP contribution in [-0.2, 0) is 6.54 Å². The molecule has 1 saturated heterocycles. The summed E-state index contributed by atoms with van der Waals surface area (Å²) in [7, 11) is 0. The quantitative estimate of drug-likeness (QED) is 0.882. The van der Waals surface area contributed by atoms with Gasteiger partial charge in [0.2, 0.25) is 0 Å². The fourth-order valence-electron chi connectivity index (χ4n) is 3.11. The van der Waals surface area contributed by atoms with Crippen LogP contribution in [0.1, 0.15) is 56.6 Å². The van der Waals surface area contributed by atoms with E-state index < -0.39 is 0 Å². The first-order valence-corrected chi connectivity index (χ1v) is 8.28. The minimum absolute atomic E-state index is 0.633. The molecular weight excluding hydrogens is 244 g/mol. The molecule has 1 aliphatic heterocycles. The minimum atomic E-state index is 0.633. The number of likely N-dealkylation sites (tertiary alicyclic amines) is 1. The smallest absolute Gasteiger partial charge is 0.0233 e. The van der Waals surface area contributed by atoms with Gasteiger partial charge in [0.1, 0.15) is 0 Å². The molecule has 0 unspecified atom stereocenters. The molecule has 1 aliphatic carbocycles. The van der Waals surface area contributed by atoms with E-state index in [1.807, 2.05) is 0 Å². The van der Waals surface area contributed by atoms with Crippen LogP contribution in [-0.4, -0.2) is 30.1 Å².